The summed E-state index contributed by atoms with van der Waals surface area (Å²) in [6.07, 6.45) is 5.74. The standard InChI is InChI=1S/C16H19BrN2OS/c1-16(7-3-2-4-8-16)19-15(20)14-13(18)11-6-5-10(17)9-12(11)21-14/h5-6,9H,2-4,7-8,18H2,1H3,(H,19,20). The van der Waals surface area contributed by atoms with Gasteiger partial charge in [-0.1, -0.05) is 41.3 Å². The lowest BCUT2D eigenvalue weighted by Crippen LogP contribution is -2.47. The molecule has 3 N–H and O–H groups in total. The molecule has 0 radical (unpaired) electrons. The van der Waals surface area contributed by atoms with E-state index in [4.69, 9.17) is 5.73 Å². The summed E-state index contributed by atoms with van der Waals surface area (Å²) in [5.74, 6) is -0.0331. The molecule has 1 saturated carbocycles. The first-order chi connectivity index (χ1) is 9.98. The summed E-state index contributed by atoms with van der Waals surface area (Å²) in [5, 5.41) is 4.17. The van der Waals surface area contributed by atoms with E-state index < -0.39 is 0 Å². The van der Waals surface area contributed by atoms with E-state index in [2.05, 4.69) is 28.2 Å². The number of fused-ring (bicyclic) bond motifs is 1. The molecule has 1 fully saturated rings. The maximum absolute atomic E-state index is 12.6. The molecule has 0 bridgehead atoms. The van der Waals surface area contributed by atoms with E-state index in [1.165, 1.54) is 30.6 Å². The molecule has 1 amide bonds. The summed E-state index contributed by atoms with van der Waals surface area (Å²) in [6, 6.07) is 5.93. The fraction of sp³-hybridized carbons (Fsp3) is 0.438. The Hall–Kier alpha value is -1.07. The van der Waals surface area contributed by atoms with Gasteiger partial charge in [-0.3, -0.25) is 4.79 Å². The van der Waals surface area contributed by atoms with Crippen LogP contribution in [0.4, 0.5) is 5.69 Å². The third-order valence-corrected chi connectivity index (χ3v) is 5.93. The minimum Gasteiger partial charge on any atom is -0.397 e. The average molecular weight is 367 g/mol. The number of carbonyl (C=O) groups excluding carboxylic acids is 1. The van der Waals surface area contributed by atoms with E-state index in [9.17, 15) is 4.79 Å². The Morgan fingerprint density at radius 3 is 2.76 bits per heavy atom. The van der Waals surface area contributed by atoms with Crippen LogP contribution < -0.4 is 11.1 Å². The Kier molecular flexibility index (Phi) is 3.97. The number of amides is 1. The van der Waals surface area contributed by atoms with Crippen molar-refractivity contribution in [1.82, 2.24) is 5.32 Å². The predicted octanol–water partition coefficient (Wildman–Crippen LogP) is 4.70. The number of anilines is 1. The van der Waals surface area contributed by atoms with Crippen LogP contribution in [0.15, 0.2) is 22.7 Å². The van der Waals surface area contributed by atoms with Crippen molar-refractivity contribution in [2.45, 2.75) is 44.6 Å². The predicted molar refractivity (Wildman–Crippen MR) is 92.9 cm³/mol. The number of nitrogen functional groups attached to an aromatic ring is 1. The van der Waals surface area contributed by atoms with Gasteiger partial charge in [0.2, 0.25) is 0 Å². The normalized spacial score (nSPS) is 17.8. The van der Waals surface area contributed by atoms with E-state index in [0.717, 1.165) is 27.4 Å². The van der Waals surface area contributed by atoms with Gasteiger partial charge in [0.15, 0.2) is 0 Å². The molecule has 3 nitrogen and oxygen atoms in total. The SMILES string of the molecule is CC1(NC(=O)c2sc3cc(Br)ccc3c2N)CCCCC1. The number of rotatable bonds is 2. The van der Waals surface area contributed by atoms with Crippen molar-refractivity contribution in [2.75, 3.05) is 5.73 Å². The molecular formula is C16H19BrN2OS. The molecule has 21 heavy (non-hydrogen) atoms. The van der Waals surface area contributed by atoms with E-state index in [1.54, 1.807) is 0 Å². The molecule has 1 heterocycles. The third-order valence-electron chi connectivity index (χ3n) is 4.27. The summed E-state index contributed by atoms with van der Waals surface area (Å²) < 4.78 is 2.04. The van der Waals surface area contributed by atoms with Crippen LogP contribution in [0.2, 0.25) is 0 Å². The molecule has 1 aromatic heterocycles. The Bertz CT molecular complexity index is 689. The number of halogens is 1. The zero-order chi connectivity index (χ0) is 15.0. The molecule has 0 spiro atoms. The van der Waals surface area contributed by atoms with Gasteiger partial charge in [-0.05, 0) is 31.9 Å². The van der Waals surface area contributed by atoms with Gasteiger partial charge in [-0.25, -0.2) is 0 Å². The lowest BCUT2D eigenvalue weighted by atomic mass is 9.83. The van der Waals surface area contributed by atoms with Gasteiger partial charge in [0.1, 0.15) is 4.88 Å². The van der Waals surface area contributed by atoms with Gasteiger partial charge >= 0.3 is 0 Å². The summed E-state index contributed by atoms with van der Waals surface area (Å²) >= 11 is 4.92. The lowest BCUT2D eigenvalue weighted by Gasteiger charge is -2.34. The highest BCUT2D eigenvalue weighted by Gasteiger charge is 2.30. The number of hydrogen-bond acceptors (Lipinski definition) is 3. The zero-order valence-electron chi connectivity index (χ0n) is 12.0. The Balaban J connectivity index is 1.89. The van der Waals surface area contributed by atoms with Crippen LogP contribution in [0, 0.1) is 0 Å². The van der Waals surface area contributed by atoms with Gasteiger partial charge in [0.25, 0.3) is 5.91 Å². The Morgan fingerprint density at radius 1 is 1.33 bits per heavy atom. The van der Waals surface area contributed by atoms with Crippen molar-refractivity contribution in [3.8, 4) is 0 Å². The van der Waals surface area contributed by atoms with Crippen LogP contribution in [0.3, 0.4) is 0 Å². The molecule has 112 valence electrons. The first-order valence-electron chi connectivity index (χ1n) is 7.29. The van der Waals surface area contributed by atoms with Crippen LogP contribution >= 0.6 is 27.3 Å². The molecular weight excluding hydrogens is 348 g/mol. The van der Waals surface area contributed by atoms with E-state index in [1.807, 2.05) is 18.2 Å². The minimum absolute atomic E-state index is 0.0331. The number of hydrogen-bond donors (Lipinski definition) is 2. The second kappa shape index (κ2) is 5.61. The van der Waals surface area contributed by atoms with Crippen molar-refractivity contribution < 1.29 is 4.79 Å². The molecule has 5 heteroatoms. The molecule has 1 aliphatic rings. The Morgan fingerprint density at radius 2 is 2.05 bits per heavy atom. The number of thiophene rings is 1. The first kappa shape index (κ1) is 14.9. The van der Waals surface area contributed by atoms with Gasteiger partial charge in [0.05, 0.1) is 5.69 Å². The fourth-order valence-electron chi connectivity index (χ4n) is 3.05. The number of nitrogens with two attached hydrogens (primary N) is 1. The quantitative estimate of drug-likeness (QED) is 0.809. The van der Waals surface area contributed by atoms with Crippen LogP contribution in [-0.2, 0) is 0 Å². The van der Waals surface area contributed by atoms with Gasteiger partial charge < -0.3 is 11.1 Å². The second-order valence-corrected chi connectivity index (χ2v) is 8.03. The van der Waals surface area contributed by atoms with Crippen molar-refractivity contribution in [2.24, 2.45) is 0 Å². The van der Waals surface area contributed by atoms with Crippen LogP contribution in [0.1, 0.15) is 48.7 Å². The van der Waals surface area contributed by atoms with Gasteiger partial charge in [-0.2, -0.15) is 0 Å². The molecule has 0 saturated heterocycles. The van der Waals surface area contributed by atoms with Gasteiger partial charge in [0, 0.05) is 20.1 Å². The monoisotopic (exact) mass is 366 g/mol. The largest absolute Gasteiger partial charge is 0.397 e. The maximum atomic E-state index is 12.6. The minimum atomic E-state index is -0.0848. The van der Waals surface area contributed by atoms with Crippen molar-refractivity contribution >= 4 is 48.9 Å². The average Bonchev–Trinajstić information content (AvgIpc) is 2.76. The lowest BCUT2D eigenvalue weighted by molar-refractivity contribution is 0.0888. The third kappa shape index (κ3) is 2.94. The summed E-state index contributed by atoms with van der Waals surface area (Å²) in [6.45, 7) is 2.14. The van der Waals surface area contributed by atoms with Crippen molar-refractivity contribution in [3.63, 3.8) is 0 Å². The highest BCUT2D eigenvalue weighted by atomic mass is 79.9. The molecule has 0 atom stereocenters. The van der Waals surface area contributed by atoms with Crippen LogP contribution in [-0.4, -0.2) is 11.4 Å². The molecule has 0 aliphatic heterocycles. The maximum Gasteiger partial charge on any atom is 0.263 e. The summed E-state index contributed by atoms with van der Waals surface area (Å²) in [5.41, 5.74) is 6.68. The fourth-order valence-corrected chi connectivity index (χ4v) is 4.62. The smallest absolute Gasteiger partial charge is 0.263 e. The molecule has 3 rings (SSSR count). The summed E-state index contributed by atoms with van der Waals surface area (Å²) in [7, 11) is 0. The van der Waals surface area contributed by atoms with E-state index >= 15 is 0 Å². The highest BCUT2D eigenvalue weighted by molar-refractivity contribution is 9.10. The van der Waals surface area contributed by atoms with Crippen molar-refractivity contribution in [1.29, 1.82) is 0 Å². The van der Waals surface area contributed by atoms with Crippen LogP contribution in [0.25, 0.3) is 10.1 Å². The molecule has 1 aliphatic carbocycles. The second-order valence-electron chi connectivity index (χ2n) is 6.06. The molecule has 1 aromatic carbocycles. The molecule has 0 unspecified atom stereocenters. The summed E-state index contributed by atoms with van der Waals surface area (Å²) in [4.78, 5) is 13.2. The van der Waals surface area contributed by atoms with E-state index in [-0.39, 0.29) is 11.4 Å². The highest BCUT2D eigenvalue weighted by Crippen LogP contribution is 2.36. The van der Waals surface area contributed by atoms with E-state index in [0.29, 0.717) is 10.6 Å². The van der Waals surface area contributed by atoms with Crippen LogP contribution in [0.5, 0.6) is 0 Å². The first-order valence-corrected chi connectivity index (χ1v) is 8.89. The zero-order valence-corrected chi connectivity index (χ0v) is 14.4. The number of nitrogens with one attached hydrogen (secondary N) is 1. The number of carbonyl (C=O) groups is 1. The topological polar surface area (TPSA) is 55.1 Å². The molecule has 2 aromatic rings. The Labute approximate surface area is 137 Å². The van der Waals surface area contributed by atoms with Gasteiger partial charge in [-0.15, -0.1) is 11.3 Å². The van der Waals surface area contributed by atoms with Crippen molar-refractivity contribution in [3.05, 3.63) is 27.5 Å². The number of benzene rings is 1.